The minimum atomic E-state index is -1.66. The highest BCUT2D eigenvalue weighted by Gasteiger charge is 2.52. The van der Waals surface area contributed by atoms with Gasteiger partial charge in [-0.2, -0.15) is 0 Å². The number of rotatable bonds is 21. The van der Waals surface area contributed by atoms with Crippen molar-refractivity contribution in [1.82, 2.24) is 4.90 Å². The number of anilines is 1. The van der Waals surface area contributed by atoms with Crippen molar-refractivity contribution in [1.29, 1.82) is 0 Å². The van der Waals surface area contributed by atoms with Gasteiger partial charge in [0.15, 0.2) is 71.1 Å². The van der Waals surface area contributed by atoms with Crippen LogP contribution in [0.1, 0.15) is 123 Å². The average Bonchev–Trinajstić information content (AvgIpc) is 1.53. The van der Waals surface area contributed by atoms with Gasteiger partial charge in [-0.05, 0) is 196 Å². The lowest BCUT2D eigenvalue weighted by atomic mass is 9.87. The summed E-state index contributed by atoms with van der Waals surface area (Å²) in [7, 11) is 6.66. The Hall–Kier alpha value is -13.8. The molecule has 0 radical (unpaired) electrons. The largest absolute Gasteiger partial charge is 0.461 e. The van der Waals surface area contributed by atoms with Crippen LogP contribution in [0.3, 0.4) is 0 Å². The normalized spacial score (nSPS) is 23.2. The Morgan fingerprint density at radius 2 is 0.623 bits per heavy atom. The highest BCUT2D eigenvalue weighted by atomic mass is 16.7. The van der Waals surface area contributed by atoms with Crippen molar-refractivity contribution in [2.75, 3.05) is 53.5 Å². The number of hydrogen-bond acceptors (Lipinski definition) is 37. The van der Waals surface area contributed by atoms with Crippen molar-refractivity contribution in [2.24, 2.45) is 0 Å². The van der Waals surface area contributed by atoms with Crippen molar-refractivity contribution in [2.45, 2.75) is 172 Å². The third-order valence-corrected chi connectivity index (χ3v) is 25.5. The average molecular weight is 1900 g/mol. The van der Waals surface area contributed by atoms with Crippen molar-refractivity contribution in [3.8, 4) is 85.1 Å². The Labute approximate surface area is 784 Å². The first-order chi connectivity index (χ1) is 66.5. The lowest BCUT2D eigenvalue weighted by Gasteiger charge is -2.41. The first-order valence-electron chi connectivity index (χ1n) is 44.0. The van der Waals surface area contributed by atoms with Gasteiger partial charge < -0.3 is 156 Å². The maximum atomic E-state index is 13.4. The molecule has 0 aliphatic carbocycles. The Bertz CT molecular complexity index is 6630. The van der Waals surface area contributed by atoms with Gasteiger partial charge in [0.05, 0.1) is 85.8 Å². The van der Waals surface area contributed by atoms with E-state index in [-0.39, 0.29) is 91.9 Å². The molecule has 9 aliphatic heterocycles. The topological polar surface area (TPSA) is 518 Å². The summed E-state index contributed by atoms with van der Waals surface area (Å²) >= 11 is 0. The van der Waals surface area contributed by atoms with Gasteiger partial charge in [-0.3, -0.25) is 0 Å². The van der Waals surface area contributed by atoms with Crippen LogP contribution in [0.25, 0.3) is 65.7 Å². The van der Waals surface area contributed by atoms with Crippen LogP contribution in [0, 0.1) is 0 Å². The number of esters is 5. The van der Waals surface area contributed by atoms with Crippen LogP contribution in [0.4, 0.5) is 10.5 Å². The minimum Gasteiger partial charge on any atom is -0.461 e. The van der Waals surface area contributed by atoms with Crippen molar-refractivity contribution < 1.29 is 175 Å². The van der Waals surface area contributed by atoms with E-state index in [0.717, 1.165) is 10.6 Å². The summed E-state index contributed by atoms with van der Waals surface area (Å²) in [6.07, 6.45) is -21.2. The fourth-order valence-corrected chi connectivity index (χ4v) is 18.1. The molecule has 15 atom stereocenters. The molecule has 20 rings (SSSR count). The number of nitrogens with zero attached hydrogens (tertiary/aromatic N) is 2. The zero-order valence-corrected chi connectivity index (χ0v) is 75.1. The number of carbonyl (C=O) groups excluding carboxylic acids is 6. The summed E-state index contributed by atoms with van der Waals surface area (Å²) in [6, 6.07) is 40.4. The molecule has 1 amide bonds. The lowest BCUT2D eigenvalue weighted by molar-refractivity contribution is -0.268. The Kier molecular flexibility index (Phi) is 26.7. The molecule has 0 aromatic heterocycles. The van der Waals surface area contributed by atoms with Crippen LogP contribution in [0.2, 0.25) is 0 Å². The SMILES string of the molecule is C[C@H]1OC(Oc2c3c(c(-c4ccc5c(c4)OCO5)c4cc(CO)c(CO)cc24)C(=O)OC3)[C@H](O)[C@@H](OC(=O)N(C)C)[C@@H]1O.C[C@H]1OC(Oc2c3c(c(-c4ccc5c(c4)OCO5)c4cc(CO)c(CO)cc24)C(=O)OC3)[C@H](O)[C@@H](OC(=O)c2ccc(N(C)C)cc2)[C@@H]1O.C[C@H]1OC(Oc2c3c(c(-c4ccc5c(c4)OCO5)c4cc(CO)c(CO)cc24)C(=O)OC3)[C@H](O)[C@@H](OC(=O)c2ccccc2)[C@@H]1O. The Morgan fingerprint density at radius 3 is 0.920 bits per heavy atom. The van der Waals surface area contributed by atoms with Crippen LogP contribution >= 0.6 is 0 Å². The van der Waals surface area contributed by atoms with Crippen LogP contribution in [-0.2, 0) is 102 Å². The molecule has 11 aromatic carbocycles. The van der Waals surface area contributed by atoms with Gasteiger partial charge in [-0.1, -0.05) is 36.4 Å². The van der Waals surface area contributed by atoms with Crippen molar-refractivity contribution in [3.05, 3.63) is 223 Å². The molecular weight excluding hydrogens is 1810 g/mol. The predicted molar refractivity (Wildman–Crippen MR) is 480 cm³/mol. The monoisotopic (exact) mass is 1900 g/mol. The molecule has 0 bridgehead atoms. The van der Waals surface area contributed by atoms with E-state index in [1.54, 1.807) is 166 Å². The fourth-order valence-electron chi connectivity index (χ4n) is 18.1. The first-order valence-corrected chi connectivity index (χ1v) is 44.0. The van der Waals surface area contributed by atoms with E-state index >= 15 is 0 Å². The highest BCUT2D eigenvalue weighted by molar-refractivity contribution is 6.16. The van der Waals surface area contributed by atoms with Crippen LogP contribution in [0.5, 0.6) is 51.7 Å². The summed E-state index contributed by atoms with van der Waals surface area (Å²) in [5, 5.41) is 130. The molecule has 3 saturated heterocycles. The fraction of sp³-hybridized carbons (Fsp3) is 0.340. The van der Waals surface area contributed by atoms with Gasteiger partial charge in [0.2, 0.25) is 39.2 Å². The first kappa shape index (κ1) is 94.6. The molecule has 11 aromatic rings. The third-order valence-electron chi connectivity index (χ3n) is 25.5. The van der Waals surface area contributed by atoms with Crippen LogP contribution in [0.15, 0.2) is 146 Å². The van der Waals surface area contributed by atoms with Gasteiger partial charge in [-0.25, -0.2) is 28.8 Å². The number of fused-ring (bicyclic) bond motifs is 9. The molecule has 0 spiro atoms. The lowest BCUT2D eigenvalue weighted by Crippen LogP contribution is -2.60. The number of cyclic esters (lactones) is 3. The number of hydrogen-bond donors (Lipinski definition) is 12. The van der Waals surface area contributed by atoms with E-state index in [1.165, 1.54) is 14.1 Å². The molecule has 12 N–H and O–H groups in total. The number of amides is 1. The molecular formula is C100H96N2O36. The molecule has 138 heavy (non-hydrogen) atoms. The van der Waals surface area contributed by atoms with Gasteiger partial charge in [0, 0.05) is 83.4 Å². The van der Waals surface area contributed by atoms with E-state index in [0.29, 0.717) is 150 Å². The molecule has 38 nitrogen and oxygen atoms in total. The Balaban J connectivity index is 0.000000138. The zero-order chi connectivity index (χ0) is 97.2. The number of aliphatic hydroxyl groups is 12. The second-order valence-corrected chi connectivity index (χ2v) is 34.3. The quantitative estimate of drug-likeness (QED) is 0.0241. The van der Waals surface area contributed by atoms with Crippen LogP contribution < -0.4 is 47.5 Å². The van der Waals surface area contributed by atoms with Crippen molar-refractivity contribution >= 4 is 73.9 Å². The van der Waals surface area contributed by atoms with Gasteiger partial charge in [-0.15, -0.1) is 0 Å². The number of benzene rings is 11. The van der Waals surface area contributed by atoms with Gasteiger partial charge >= 0.3 is 35.9 Å². The molecule has 0 saturated carbocycles. The van der Waals surface area contributed by atoms with Crippen LogP contribution in [-0.4, -0.2) is 243 Å². The molecule has 3 fully saturated rings. The van der Waals surface area contributed by atoms with E-state index in [2.05, 4.69) is 0 Å². The molecule has 722 valence electrons. The highest BCUT2D eigenvalue weighted by Crippen LogP contribution is 2.54. The molecule has 38 heteroatoms. The summed E-state index contributed by atoms with van der Waals surface area (Å²) in [6.45, 7) is 1.93. The molecule has 9 heterocycles. The summed E-state index contributed by atoms with van der Waals surface area (Å²) < 4.78 is 103. The van der Waals surface area contributed by atoms with E-state index in [1.807, 2.05) is 19.0 Å². The second-order valence-electron chi connectivity index (χ2n) is 34.3. The molecule has 3 unspecified atom stereocenters. The van der Waals surface area contributed by atoms with Crippen molar-refractivity contribution in [3.63, 3.8) is 0 Å². The summed E-state index contributed by atoms with van der Waals surface area (Å²) in [5.74, 6) is 0.132. The van der Waals surface area contributed by atoms with Gasteiger partial charge in [0.25, 0.3) is 0 Å². The maximum absolute atomic E-state index is 13.4. The zero-order valence-electron chi connectivity index (χ0n) is 75.1. The third kappa shape index (κ3) is 17.5. The van der Waals surface area contributed by atoms with E-state index < -0.39 is 161 Å². The number of ether oxygens (including phenoxy) is 18. The van der Waals surface area contributed by atoms with E-state index in [9.17, 15) is 90.0 Å². The second kappa shape index (κ2) is 39.0. The number of aliphatic hydroxyl groups excluding tert-OH is 12. The Morgan fingerprint density at radius 1 is 0.333 bits per heavy atom. The molecule has 9 aliphatic rings. The minimum absolute atomic E-state index is 0.0524. The predicted octanol–water partition coefficient (Wildman–Crippen LogP) is 7.79. The van der Waals surface area contributed by atoms with Gasteiger partial charge in [0.1, 0.15) is 55.4 Å². The number of carbonyl (C=O) groups is 6. The standard InChI is InChI=1S/C36H35NO12.C34H30O12.C30H31NO12/c1-17-30(40)33(48-34(42)18-4-7-22(8-5-18)37(2)3)31(41)36(47-17)49-32-24-11-21(14-39)20(13-38)10-23(24)28(29-25(32)15-44-35(29)43)19-6-9-26-27(12-19)46-16-45-26;1-16-28(37)31(45-32(39)17-5-3-2-4-6-17)29(38)34(44-16)46-30-22-10-20(13-36)19(12-35)9-21(22)26(27-23(30)14-41-33(27)40)18-7-8-24-25(11-18)43-15-42-24;1-13-24(34)27(43-30(37)31(2)3)25(35)29(41-13)42-26-18-7-16(10-33)15(9-32)6-17(18)22(23-19(26)11-38-28(23)36)14-4-5-20-21(8-14)40-12-39-20/h4-12,17,30-31,33,36,38-41H,13-16H2,1-3H3;2-11,16,28-29,31,34-38H,12-15H2,1H3;4-8,13,24-25,27,29,32-35H,9-12H2,1-3H3/t17-,30-,31-,33+,36?;16-,28-,29-,31+,34?;13-,24-,25-,27+,29?/m111/s1. The summed E-state index contributed by atoms with van der Waals surface area (Å²) in [4.78, 5) is 81.3. The van der Waals surface area contributed by atoms with E-state index in [4.69, 9.17) is 85.3 Å². The summed E-state index contributed by atoms with van der Waals surface area (Å²) in [5.41, 5.74) is 8.78. The maximum Gasteiger partial charge on any atom is 0.409 e. The smallest absolute Gasteiger partial charge is 0.409 e.